The number of nitrogens with zero attached hydrogens (tertiary/aromatic N) is 2. The number of halogens is 1. The van der Waals surface area contributed by atoms with Gasteiger partial charge < -0.3 is 9.67 Å². The number of rotatable bonds is 2. The topological polar surface area (TPSA) is 55.1 Å². The maximum Gasteiger partial charge on any atom is 0.308 e. The molecule has 1 aliphatic heterocycles. The number of aromatic nitrogens is 2. The predicted molar refractivity (Wildman–Crippen MR) is 61.3 cm³/mol. The van der Waals surface area contributed by atoms with Crippen molar-refractivity contribution in [1.82, 2.24) is 9.55 Å². The van der Waals surface area contributed by atoms with Gasteiger partial charge in [0.1, 0.15) is 10.4 Å². The molecule has 0 radical (unpaired) electrons. The standard InChI is InChI=1S/C11H13BrN2O2/c12-9-8-4-3-7(11(15)16)5-14(8)10(13-9)6-1-2-6/h6-7H,1-5H2,(H,15,16). The van der Waals surface area contributed by atoms with Gasteiger partial charge in [-0.1, -0.05) is 0 Å². The summed E-state index contributed by atoms with van der Waals surface area (Å²) in [6.45, 7) is 0.592. The zero-order valence-corrected chi connectivity index (χ0v) is 10.4. The first-order valence-electron chi connectivity index (χ1n) is 5.64. The third-order valence-electron chi connectivity index (χ3n) is 3.48. The molecule has 1 unspecified atom stereocenters. The summed E-state index contributed by atoms with van der Waals surface area (Å²) in [5.74, 6) is 0.730. The van der Waals surface area contributed by atoms with Crippen LogP contribution in [-0.4, -0.2) is 20.6 Å². The van der Waals surface area contributed by atoms with Crippen LogP contribution in [0.25, 0.3) is 0 Å². The molecule has 0 aromatic carbocycles. The van der Waals surface area contributed by atoms with E-state index in [1.165, 1.54) is 18.5 Å². The zero-order chi connectivity index (χ0) is 11.3. The summed E-state index contributed by atoms with van der Waals surface area (Å²) in [4.78, 5) is 15.6. The molecule has 2 aliphatic rings. The summed E-state index contributed by atoms with van der Waals surface area (Å²) < 4.78 is 3.04. The Kier molecular flexibility index (Phi) is 2.31. The average molecular weight is 285 g/mol. The van der Waals surface area contributed by atoms with E-state index in [1.54, 1.807) is 0 Å². The molecule has 3 rings (SSSR count). The third-order valence-corrected chi connectivity index (χ3v) is 4.11. The van der Waals surface area contributed by atoms with Crippen LogP contribution in [0.4, 0.5) is 0 Å². The number of carboxylic acid groups (broad SMARTS) is 1. The largest absolute Gasteiger partial charge is 0.481 e. The summed E-state index contributed by atoms with van der Waals surface area (Å²) in [5, 5.41) is 9.07. The fraction of sp³-hybridized carbons (Fsp3) is 0.636. The summed E-state index contributed by atoms with van der Waals surface area (Å²) in [7, 11) is 0. The Bertz CT molecular complexity index is 451. The first-order chi connectivity index (χ1) is 7.66. The third kappa shape index (κ3) is 1.57. The quantitative estimate of drug-likeness (QED) is 0.906. The van der Waals surface area contributed by atoms with Gasteiger partial charge >= 0.3 is 5.97 Å². The van der Waals surface area contributed by atoms with Gasteiger partial charge in [-0.2, -0.15) is 0 Å². The second kappa shape index (κ2) is 3.58. The Hall–Kier alpha value is -0.840. The molecule has 0 amide bonds. The molecule has 0 saturated heterocycles. The van der Waals surface area contributed by atoms with E-state index < -0.39 is 5.97 Å². The number of hydrogen-bond donors (Lipinski definition) is 1. The van der Waals surface area contributed by atoms with Crippen LogP contribution in [0.3, 0.4) is 0 Å². The lowest BCUT2D eigenvalue weighted by molar-refractivity contribution is -0.142. The molecule has 16 heavy (non-hydrogen) atoms. The normalized spacial score (nSPS) is 24.2. The Morgan fingerprint density at radius 1 is 1.44 bits per heavy atom. The van der Waals surface area contributed by atoms with E-state index in [1.807, 2.05) is 0 Å². The second-order valence-corrected chi connectivity index (χ2v) is 5.42. The number of hydrogen-bond acceptors (Lipinski definition) is 2. The van der Waals surface area contributed by atoms with Gasteiger partial charge in [0.25, 0.3) is 0 Å². The lowest BCUT2D eigenvalue weighted by Gasteiger charge is -2.22. The van der Waals surface area contributed by atoms with Crippen LogP contribution in [0, 0.1) is 5.92 Å². The van der Waals surface area contributed by atoms with Crippen molar-refractivity contribution in [1.29, 1.82) is 0 Å². The zero-order valence-electron chi connectivity index (χ0n) is 8.82. The Morgan fingerprint density at radius 3 is 2.81 bits per heavy atom. The van der Waals surface area contributed by atoms with Gasteiger partial charge in [-0.15, -0.1) is 0 Å². The Balaban J connectivity index is 1.97. The summed E-state index contributed by atoms with van der Waals surface area (Å²) in [6.07, 6.45) is 3.93. The SMILES string of the molecule is O=C(O)C1CCc2c(Br)nc(C3CC3)n2C1. The molecule has 4 nitrogen and oxygen atoms in total. The van der Waals surface area contributed by atoms with Crippen LogP contribution in [0.2, 0.25) is 0 Å². The summed E-state index contributed by atoms with van der Waals surface area (Å²) in [5.41, 5.74) is 1.18. The minimum absolute atomic E-state index is 0.244. The molecule has 0 spiro atoms. The lowest BCUT2D eigenvalue weighted by Crippen LogP contribution is -2.27. The second-order valence-electron chi connectivity index (χ2n) is 4.67. The van der Waals surface area contributed by atoms with Gasteiger partial charge in [0.15, 0.2) is 0 Å². The monoisotopic (exact) mass is 284 g/mol. The molecule has 1 aromatic heterocycles. The Labute approximate surface area is 102 Å². The maximum absolute atomic E-state index is 11.0. The maximum atomic E-state index is 11.0. The molecule has 86 valence electrons. The number of aliphatic carboxylic acids is 1. The van der Waals surface area contributed by atoms with Gasteiger partial charge in [0.2, 0.25) is 0 Å². The van der Waals surface area contributed by atoms with Crippen molar-refractivity contribution in [3.63, 3.8) is 0 Å². The van der Waals surface area contributed by atoms with Crippen molar-refractivity contribution in [2.45, 2.75) is 38.1 Å². The first-order valence-corrected chi connectivity index (χ1v) is 6.43. The van der Waals surface area contributed by atoms with Gasteiger partial charge in [-0.3, -0.25) is 4.79 Å². The average Bonchev–Trinajstić information content (AvgIpc) is 3.04. The van der Waals surface area contributed by atoms with Crippen molar-refractivity contribution in [2.75, 3.05) is 0 Å². The van der Waals surface area contributed by atoms with Crippen LogP contribution in [-0.2, 0) is 17.8 Å². The van der Waals surface area contributed by atoms with E-state index in [2.05, 4.69) is 25.5 Å². The highest BCUT2D eigenvalue weighted by atomic mass is 79.9. The van der Waals surface area contributed by atoms with Crippen LogP contribution in [0.5, 0.6) is 0 Å². The van der Waals surface area contributed by atoms with Crippen LogP contribution < -0.4 is 0 Å². The van der Waals surface area contributed by atoms with Crippen LogP contribution in [0.15, 0.2) is 4.60 Å². The van der Waals surface area contributed by atoms with E-state index in [4.69, 9.17) is 5.11 Å². The molecule has 5 heteroatoms. The lowest BCUT2D eigenvalue weighted by atomic mass is 9.98. The van der Waals surface area contributed by atoms with E-state index >= 15 is 0 Å². The van der Waals surface area contributed by atoms with Crippen LogP contribution >= 0.6 is 15.9 Å². The number of fused-ring (bicyclic) bond motifs is 1. The molecule has 1 fully saturated rings. The highest BCUT2D eigenvalue weighted by Gasteiger charge is 2.34. The smallest absolute Gasteiger partial charge is 0.308 e. The van der Waals surface area contributed by atoms with Crippen molar-refractivity contribution in [3.05, 3.63) is 16.1 Å². The van der Waals surface area contributed by atoms with E-state index in [-0.39, 0.29) is 5.92 Å². The molecule has 2 heterocycles. The molecular formula is C11H13BrN2O2. The molecular weight excluding hydrogens is 272 g/mol. The van der Waals surface area contributed by atoms with Crippen molar-refractivity contribution >= 4 is 21.9 Å². The number of carboxylic acids is 1. The first kappa shape index (κ1) is 10.3. The van der Waals surface area contributed by atoms with Gasteiger partial charge in [0, 0.05) is 12.5 Å². The molecule has 1 saturated carbocycles. The fourth-order valence-corrected chi connectivity index (χ4v) is 2.99. The molecule has 1 aromatic rings. The number of carbonyl (C=O) groups is 1. The fourth-order valence-electron chi connectivity index (χ4n) is 2.39. The predicted octanol–water partition coefficient (Wildman–Crippen LogP) is 2.17. The van der Waals surface area contributed by atoms with Crippen molar-refractivity contribution in [3.8, 4) is 0 Å². The molecule has 1 N–H and O–H groups in total. The van der Waals surface area contributed by atoms with Gasteiger partial charge in [-0.25, -0.2) is 4.98 Å². The summed E-state index contributed by atoms with van der Waals surface area (Å²) >= 11 is 3.48. The minimum atomic E-state index is -0.683. The Morgan fingerprint density at radius 2 is 2.19 bits per heavy atom. The molecule has 0 bridgehead atoms. The highest BCUT2D eigenvalue weighted by molar-refractivity contribution is 9.10. The minimum Gasteiger partial charge on any atom is -0.481 e. The van der Waals surface area contributed by atoms with Crippen molar-refractivity contribution in [2.24, 2.45) is 5.92 Å². The van der Waals surface area contributed by atoms with Gasteiger partial charge in [-0.05, 0) is 41.6 Å². The number of imidazole rings is 1. The van der Waals surface area contributed by atoms with Crippen molar-refractivity contribution < 1.29 is 9.90 Å². The van der Waals surface area contributed by atoms with E-state index in [0.29, 0.717) is 12.5 Å². The highest BCUT2D eigenvalue weighted by Crippen LogP contribution is 2.42. The molecule has 1 aliphatic carbocycles. The van der Waals surface area contributed by atoms with Crippen LogP contribution in [0.1, 0.15) is 36.7 Å². The van der Waals surface area contributed by atoms with E-state index in [0.717, 1.165) is 23.3 Å². The van der Waals surface area contributed by atoms with E-state index in [9.17, 15) is 4.79 Å². The van der Waals surface area contributed by atoms with Gasteiger partial charge in [0.05, 0.1) is 11.6 Å². The molecule has 1 atom stereocenters. The summed E-state index contributed by atoms with van der Waals surface area (Å²) in [6, 6.07) is 0.